The highest BCUT2D eigenvalue weighted by Crippen LogP contribution is 2.19. The first-order valence-corrected chi connectivity index (χ1v) is 11.3. The van der Waals surface area contributed by atoms with Crippen molar-refractivity contribution in [3.8, 4) is 6.07 Å². The molecule has 3 unspecified atom stereocenters. The van der Waals surface area contributed by atoms with Crippen LogP contribution in [0.15, 0.2) is 5.10 Å². The maximum absolute atomic E-state index is 13.1. The van der Waals surface area contributed by atoms with Gasteiger partial charge in [-0.2, -0.15) is 28.0 Å². The normalized spacial score (nSPS) is 16.2. The van der Waals surface area contributed by atoms with Gasteiger partial charge in [-0.3, -0.25) is 28.9 Å². The summed E-state index contributed by atoms with van der Waals surface area (Å²) in [6.07, 6.45) is -1.68. The predicted molar refractivity (Wildman–Crippen MR) is 125 cm³/mol. The molecule has 17 heteroatoms. The molecule has 202 valence electrons. The summed E-state index contributed by atoms with van der Waals surface area (Å²) in [4.78, 5) is 85.2. The van der Waals surface area contributed by atoms with Crippen LogP contribution in [0.2, 0.25) is 0 Å². The fourth-order valence-electron chi connectivity index (χ4n) is 3.16. The highest BCUT2D eigenvalue weighted by Gasteiger charge is 2.44. The molecular weight excluding hydrogens is 516 g/mol. The lowest BCUT2D eigenvalue weighted by atomic mass is 9.90. The van der Waals surface area contributed by atoms with Crippen LogP contribution in [0.5, 0.6) is 0 Å². The predicted octanol–water partition coefficient (Wildman–Crippen LogP) is -2.04. The molecule has 1 saturated heterocycles. The van der Waals surface area contributed by atoms with E-state index in [4.69, 9.17) is 10.8 Å². The van der Waals surface area contributed by atoms with E-state index in [1.165, 1.54) is 0 Å². The van der Waals surface area contributed by atoms with Gasteiger partial charge in [0.25, 0.3) is 5.91 Å². The van der Waals surface area contributed by atoms with Crippen LogP contribution >= 0.6 is 12.6 Å². The molecule has 0 aliphatic carbocycles. The van der Waals surface area contributed by atoms with Gasteiger partial charge >= 0.3 is 18.0 Å². The minimum Gasteiger partial charge on any atom is -0.480 e. The molecule has 1 heterocycles. The van der Waals surface area contributed by atoms with Crippen LogP contribution in [0.25, 0.3) is 0 Å². The van der Waals surface area contributed by atoms with Crippen molar-refractivity contribution in [2.75, 3.05) is 18.9 Å². The molecule has 0 radical (unpaired) electrons. The number of carboxylic acids is 2. The molecule has 37 heavy (non-hydrogen) atoms. The second-order valence-electron chi connectivity index (χ2n) is 7.65. The third-order valence-corrected chi connectivity index (χ3v) is 5.41. The summed E-state index contributed by atoms with van der Waals surface area (Å²) in [6, 6.07) is -3.44. The number of ketones is 1. The molecule has 0 spiro atoms. The van der Waals surface area contributed by atoms with Crippen LogP contribution in [-0.2, 0) is 33.5 Å². The second kappa shape index (κ2) is 14.5. The lowest BCUT2D eigenvalue weighted by molar-refractivity contribution is -0.161. The number of carbonyl (C=O) groups excluding carboxylic acids is 5. The fraction of sp³-hybridized carbons (Fsp3) is 0.550. The van der Waals surface area contributed by atoms with E-state index in [9.17, 15) is 43.9 Å². The van der Waals surface area contributed by atoms with E-state index in [0.29, 0.717) is 6.21 Å². The summed E-state index contributed by atoms with van der Waals surface area (Å²) in [5.41, 5.74) is 5.33. The number of imide groups is 1. The SMILES string of the molecule is CC(=O)N(C(=O)C(CS)NC(=O)CCC(N)C(=O)O)[C@H](C(=O)O)C(CC#N)C(=O)C=NN1CCOC1=O. The first kappa shape index (κ1) is 31.0. The zero-order chi connectivity index (χ0) is 28.3. The van der Waals surface area contributed by atoms with Crippen molar-refractivity contribution in [2.45, 2.75) is 44.3 Å². The maximum Gasteiger partial charge on any atom is 0.430 e. The molecule has 1 aliphatic rings. The van der Waals surface area contributed by atoms with Gasteiger partial charge in [0.05, 0.1) is 24.7 Å². The van der Waals surface area contributed by atoms with Gasteiger partial charge in [0.15, 0.2) is 5.78 Å². The van der Waals surface area contributed by atoms with E-state index in [1.807, 2.05) is 0 Å². The molecule has 1 aliphatic heterocycles. The van der Waals surface area contributed by atoms with Gasteiger partial charge in [0, 0.05) is 25.5 Å². The van der Waals surface area contributed by atoms with Crippen LogP contribution in [0.4, 0.5) is 4.79 Å². The van der Waals surface area contributed by atoms with E-state index in [2.05, 4.69) is 27.8 Å². The molecule has 1 rings (SSSR count). The number of aliphatic carboxylic acids is 2. The Morgan fingerprint density at radius 2 is 1.95 bits per heavy atom. The number of cyclic esters (lactones) is 1. The number of ether oxygens (including phenoxy) is 1. The maximum atomic E-state index is 13.1. The smallest absolute Gasteiger partial charge is 0.430 e. The van der Waals surface area contributed by atoms with Crippen molar-refractivity contribution < 1.29 is 48.5 Å². The Labute approximate surface area is 215 Å². The second-order valence-corrected chi connectivity index (χ2v) is 8.01. The number of thiol groups is 1. The summed E-state index contributed by atoms with van der Waals surface area (Å²) >= 11 is 3.95. The molecule has 5 N–H and O–H groups in total. The molecule has 0 aromatic carbocycles. The Kier molecular flexibility index (Phi) is 12.1. The fourth-order valence-corrected chi connectivity index (χ4v) is 3.41. The zero-order valence-electron chi connectivity index (χ0n) is 19.6. The van der Waals surface area contributed by atoms with Crippen molar-refractivity contribution in [1.82, 2.24) is 15.2 Å². The number of hydrogen-bond donors (Lipinski definition) is 5. The summed E-state index contributed by atoms with van der Waals surface area (Å²) in [6.45, 7) is 0.876. The monoisotopic (exact) mass is 542 g/mol. The van der Waals surface area contributed by atoms with Gasteiger partial charge in [-0.15, -0.1) is 0 Å². The molecule has 0 aromatic rings. The molecule has 0 aromatic heterocycles. The minimum atomic E-state index is -2.17. The number of nitrogens with two attached hydrogens (primary N) is 1. The highest BCUT2D eigenvalue weighted by molar-refractivity contribution is 7.80. The summed E-state index contributed by atoms with van der Waals surface area (Å²) in [5.74, 6) is -9.56. The number of hydrazone groups is 1. The molecule has 0 saturated carbocycles. The van der Waals surface area contributed by atoms with Crippen molar-refractivity contribution in [1.29, 1.82) is 5.26 Å². The number of nitrogens with zero attached hydrogens (tertiary/aromatic N) is 4. The average Bonchev–Trinajstić information content (AvgIpc) is 3.25. The third-order valence-electron chi connectivity index (χ3n) is 5.04. The standard InChI is InChI=1S/C20H26N6O10S/c1-10(27)26(17(30)13(9-37)24-15(29)3-2-12(22)18(31)32)16(19(33)34)11(4-5-21)14(28)8-23-25-6-7-36-20(25)35/h8,11-13,16,37H,2-4,6-7,9,22H2,1H3,(H,24,29)(H,31,32)(H,33,34)/t11?,12?,13?,16-/m0/s1. The topological polar surface area (TPSA) is 250 Å². The van der Waals surface area contributed by atoms with Gasteiger partial charge in [-0.25, -0.2) is 9.59 Å². The van der Waals surface area contributed by atoms with Crippen molar-refractivity contribution in [3.63, 3.8) is 0 Å². The third kappa shape index (κ3) is 8.84. The quantitative estimate of drug-likeness (QED) is 0.118. The Balaban J connectivity index is 3.21. The summed E-state index contributed by atoms with van der Waals surface area (Å²) in [7, 11) is 0. The molecule has 4 atom stereocenters. The van der Waals surface area contributed by atoms with Crippen LogP contribution in [0, 0.1) is 17.2 Å². The number of carbonyl (C=O) groups is 7. The number of nitrogens with one attached hydrogen (secondary N) is 1. The van der Waals surface area contributed by atoms with E-state index in [0.717, 1.165) is 11.9 Å². The molecule has 16 nitrogen and oxygen atoms in total. The Morgan fingerprint density at radius 1 is 1.30 bits per heavy atom. The number of hydrogen-bond acceptors (Lipinski definition) is 12. The number of carboxylic acid groups (broad SMARTS) is 2. The number of rotatable bonds is 14. The van der Waals surface area contributed by atoms with Crippen molar-refractivity contribution in [3.05, 3.63) is 0 Å². The van der Waals surface area contributed by atoms with Gasteiger partial charge < -0.3 is 26.0 Å². The molecular formula is C20H26N6O10S. The van der Waals surface area contributed by atoms with Gasteiger partial charge in [-0.05, 0) is 6.42 Å². The van der Waals surface area contributed by atoms with Gasteiger partial charge in [0.2, 0.25) is 11.8 Å². The molecule has 0 bridgehead atoms. The summed E-state index contributed by atoms with van der Waals surface area (Å²) < 4.78 is 4.65. The number of Topliss-reactive ketones (excluding diaryl/α,β-unsaturated/α-hetero) is 1. The first-order valence-electron chi connectivity index (χ1n) is 10.7. The highest BCUT2D eigenvalue weighted by atomic mass is 32.1. The van der Waals surface area contributed by atoms with Gasteiger partial charge in [0.1, 0.15) is 24.7 Å². The Hall–Kier alpha value is -4.04. The largest absolute Gasteiger partial charge is 0.480 e. The van der Waals surface area contributed by atoms with Crippen molar-refractivity contribution in [2.24, 2.45) is 16.8 Å². The number of amides is 4. The van der Waals surface area contributed by atoms with E-state index < -0.39 is 84.2 Å². The summed E-state index contributed by atoms with van der Waals surface area (Å²) in [5, 5.41) is 34.4. The van der Waals surface area contributed by atoms with Crippen LogP contribution in [-0.4, -0.2) is 105 Å². The first-order chi connectivity index (χ1) is 17.3. The minimum absolute atomic E-state index is 0.00936. The van der Waals surface area contributed by atoms with E-state index in [-0.39, 0.29) is 24.5 Å². The van der Waals surface area contributed by atoms with Crippen LogP contribution < -0.4 is 11.1 Å². The van der Waals surface area contributed by atoms with Crippen molar-refractivity contribution >= 4 is 60.4 Å². The molecule has 1 fully saturated rings. The zero-order valence-corrected chi connectivity index (χ0v) is 20.5. The lowest BCUT2D eigenvalue weighted by Crippen LogP contribution is -2.59. The van der Waals surface area contributed by atoms with E-state index in [1.54, 1.807) is 6.07 Å². The Morgan fingerprint density at radius 3 is 2.41 bits per heavy atom. The van der Waals surface area contributed by atoms with E-state index >= 15 is 0 Å². The van der Waals surface area contributed by atoms with Crippen LogP contribution in [0.3, 0.4) is 0 Å². The lowest BCUT2D eigenvalue weighted by Gasteiger charge is -2.32. The Bertz CT molecular complexity index is 1010. The van der Waals surface area contributed by atoms with Gasteiger partial charge in [-0.1, -0.05) is 0 Å². The van der Waals surface area contributed by atoms with Crippen LogP contribution in [0.1, 0.15) is 26.2 Å². The average molecular weight is 543 g/mol. The molecule has 4 amide bonds. The number of nitriles is 1.